The van der Waals surface area contributed by atoms with E-state index in [1.54, 1.807) is 11.1 Å². The maximum atomic E-state index is 12.2. The van der Waals surface area contributed by atoms with Crippen LogP contribution in [0.3, 0.4) is 0 Å². The third kappa shape index (κ3) is 2.51. The lowest BCUT2D eigenvalue weighted by Crippen LogP contribution is -2.40. The van der Waals surface area contributed by atoms with Crippen molar-refractivity contribution in [2.75, 3.05) is 26.3 Å². The minimum atomic E-state index is -0.0479. The third-order valence-electron chi connectivity index (χ3n) is 3.09. The van der Waals surface area contributed by atoms with Gasteiger partial charge in [-0.3, -0.25) is 4.79 Å². The van der Waals surface area contributed by atoms with E-state index < -0.39 is 0 Å². The van der Waals surface area contributed by atoms with Crippen LogP contribution in [-0.4, -0.2) is 47.1 Å². The Balaban J connectivity index is 1.79. The SMILES string of the molecule is O=C(c1c[nH]c(-c2cc[c]cc2)n1)N1CCOCC1. The molecule has 1 aromatic heterocycles. The van der Waals surface area contributed by atoms with Crippen LogP contribution in [-0.2, 0) is 4.74 Å². The number of rotatable bonds is 2. The summed E-state index contributed by atoms with van der Waals surface area (Å²) in [7, 11) is 0. The molecule has 0 bridgehead atoms. The van der Waals surface area contributed by atoms with E-state index in [0.29, 0.717) is 37.8 Å². The minimum Gasteiger partial charge on any atom is -0.378 e. The smallest absolute Gasteiger partial charge is 0.274 e. The highest BCUT2D eigenvalue weighted by molar-refractivity contribution is 5.92. The Morgan fingerprint density at radius 1 is 1.32 bits per heavy atom. The molecule has 1 fully saturated rings. The van der Waals surface area contributed by atoms with E-state index in [9.17, 15) is 4.79 Å². The first-order chi connectivity index (χ1) is 9.34. The van der Waals surface area contributed by atoms with Crippen LogP contribution >= 0.6 is 0 Å². The topological polar surface area (TPSA) is 58.2 Å². The fraction of sp³-hybridized carbons (Fsp3) is 0.286. The van der Waals surface area contributed by atoms with E-state index in [1.165, 1.54) is 0 Å². The predicted octanol–water partition coefficient (Wildman–Crippen LogP) is 1.35. The first-order valence-electron chi connectivity index (χ1n) is 6.23. The summed E-state index contributed by atoms with van der Waals surface area (Å²) in [5.41, 5.74) is 1.39. The Labute approximate surface area is 111 Å². The first-order valence-corrected chi connectivity index (χ1v) is 6.23. The summed E-state index contributed by atoms with van der Waals surface area (Å²) >= 11 is 0. The Hall–Kier alpha value is -2.14. The van der Waals surface area contributed by atoms with Crippen LogP contribution in [0.25, 0.3) is 11.4 Å². The van der Waals surface area contributed by atoms with Crippen LogP contribution in [0.4, 0.5) is 0 Å². The molecule has 1 aliphatic rings. The number of H-pyrrole nitrogens is 1. The van der Waals surface area contributed by atoms with Gasteiger partial charge >= 0.3 is 0 Å². The quantitative estimate of drug-likeness (QED) is 0.882. The summed E-state index contributed by atoms with van der Waals surface area (Å²) in [6.45, 7) is 2.44. The molecule has 19 heavy (non-hydrogen) atoms. The molecule has 1 aromatic carbocycles. The van der Waals surface area contributed by atoms with Crippen molar-refractivity contribution in [3.63, 3.8) is 0 Å². The zero-order valence-electron chi connectivity index (χ0n) is 10.4. The van der Waals surface area contributed by atoms with E-state index in [-0.39, 0.29) is 5.91 Å². The fourth-order valence-electron chi connectivity index (χ4n) is 2.05. The number of hydrogen-bond donors (Lipinski definition) is 1. The molecule has 2 aromatic rings. The highest BCUT2D eigenvalue weighted by Gasteiger charge is 2.20. The average Bonchev–Trinajstić information content (AvgIpc) is 2.98. The molecular formula is C14H14N3O2. The predicted molar refractivity (Wildman–Crippen MR) is 69.6 cm³/mol. The Bertz CT molecular complexity index is 559. The molecule has 0 aliphatic carbocycles. The molecule has 5 nitrogen and oxygen atoms in total. The van der Waals surface area contributed by atoms with Gasteiger partial charge in [0.1, 0.15) is 11.5 Å². The summed E-state index contributed by atoms with van der Waals surface area (Å²) in [4.78, 5) is 21.4. The maximum absolute atomic E-state index is 12.2. The van der Waals surface area contributed by atoms with E-state index in [4.69, 9.17) is 4.74 Å². The Morgan fingerprint density at radius 3 is 2.79 bits per heavy atom. The molecule has 0 spiro atoms. The van der Waals surface area contributed by atoms with Crippen molar-refractivity contribution in [3.8, 4) is 11.4 Å². The molecule has 0 saturated carbocycles. The lowest BCUT2D eigenvalue weighted by atomic mass is 10.2. The lowest BCUT2D eigenvalue weighted by Gasteiger charge is -2.25. The second-order valence-electron chi connectivity index (χ2n) is 4.33. The summed E-state index contributed by atoms with van der Waals surface area (Å²) in [5, 5.41) is 0. The van der Waals surface area contributed by atoms with Crippen molar-refractivity contribution in [1.29, 1.82) is 0 Å². The standard InChI is InChI=1S/C14H14N3O2/c18-14(17-6-8-19-9-7-17)12-10-15-13(16-12)11-4-2-1-3-5-11/h2-5,10H,6-9H2,(H,15,16). The minimum absolute atomic E-state index is 0.0479. The van der Waals surface area contributed by atoms with Crippen LogP contribution in [0.1, 0.15) is 10.5 Å². The van der Waals surface area contributed by atoms with Crippen LogP contribution in [0.2, 0.25) is 0 Å². The van der Waals surface area contributed by atoms with E-state index in [0.717, 1.165) is 5.56 Å². The number of hydrogen-bond acceptors (Lipinski definition) is 3. The van der Waals surface area contributed by atoms with Gasteiger partial charge in [-0.2, -0.15) is 0 Å². The zero-order chi connectivity index (χ0) is 13.1. The van der Waals surface area contributed by atoms with Crippen molar-refractivity contribution < 1.29 is 9.53 Å². The zero-order valence-corrected chi connectivity index (χ0v) is 10.4. The van der Waals surface area contributed by atoms with Gasteiger partial charge in [0, 0.05) is 24.8 Å². The normalized spacial score (nSPS) is 15.5. The van der Waals surface area contributed by atoms with Crippen LogP contribution in [0.15, 0.2) is 30.5 Å². The number of carbonyl (C=O) groups is 1. The monoisotopic (exact) mass is 256 g/mol. The number of aromatic amines is 1. The largest absolute Gasteiger partial charge is 0.378 e. The van der Waals surface area contributed by atoms with Crippen molar-refractivity contribution in [2.45, 2.75) is 0 Å². The molecule has 2 heterocycles. The molecule has 0 atom stereocenters. The molecule has 1 aliphatic heterocycles. The van der Waals surface area contributed by atoms with Crippen molar-refractivity contribution in [1.82, 2.24) is 14.9 Å². The van der Waals surface area contributed by atoms with Gasteiger partial charge in [-0.15, -0.1) is 0 Å². The lowest BCUT2D eigenvalue weighted by molar-refractivity contribution is 0.0299. The second-order valence-corrected chi connectivity index (χ2v) is 4.33. The number of carbonyl (C=O) groups excluding carboxylic acids is 1. The molecule has 1 amide bonds. The molecule has 5 heteroatoms. The number of nitrogens with zero attached hydrogens (tertiary/aromatic N) is 2. The van der Waals surface area contributed by atoms with Crippen molar-refractivity contribution in [2.24, 2.45) is 0 Å². The highest BCUT2D eigenvalue weighted by atomic mass is 16.5. The number of imidazole rings is 1. The number of benzene rings is 1. The molecule has 1 N–H and O–H groups in total. The van der Waals surface area contributed by atoms with Crippen LogP contribution in [0.5, 0.6) is 0 Å². The average molecular weight is 256 g/mol. The number of aromatic nitrogens is 2. The van der Waals surface area contributed by atoms with E-state index in [1.807, 2.05) is 24.3 Å². The van der Waals surface area contributed by atoms with Gasteiger partial charge in [0.05, 0.1) is 13.2 Å². The Morgan fingerprint density at radius 2 is 2.05 bits per heavy atom. The van der Waals surface area contributed by atoms with Gasteiger partial charge in [-0.25, -0.2) is 4.98 Å². The van der Waals surface area contributed by atoms with Gasteiger partial charge in [0.2, 0.25) is 0 Å². The van der Waals surface area contributed by atoms with Gasteiger partial charge in [0.25, 0.3) is 5.91 Å². The maximum Gasteiger partial charge on any atom is 0.274 e. The molecule has 1 radical (unpaired) electrons. The molecule has 1 saturated heterocycles. The summed E-state index contributed by atoms with van der Waals surface area (Å²) in [5.74, 6) is 0.652. The van der Waals surface area contributed by atoms with E-state index in [2.05, 4.69) is 16.0 Å². The molecule has 3 rings (SSSR count). The highest BCUT2D eigenvalue weighted by Crippen LogP contribution is 2.15. The number of amides is 1. The molecule has 0 unspecified atom stereocenters. The number of ether oxygens (including phenoxy) is 1. The fourth-order valence-corrected chi connectivity index (χ4v) is 2.05. The Kier molecular flexibility index (Phi) is 3.29. The van der Waals surface area contributed by atoms with Crippen LogP contribution < -0.4 is 0 Å². The summed E-state index contributed by atoms with van der Waals surface area (Å²) in [6, 6.07) is 10.4. The molecule has 97 valence electrons. The second kappa shape index (κ2) is 5.24. The number of nitrogens with one attached hydrogen (secondary N) is 1. The van der Waals surface area contributed by atoms with Crippen molar-refractivity contribution in [3.05, 3.63) is 42.2 Å². The summed E-state index contributed by atoms with van der Waals surface area (Å²) in [6.07, 6.45) is 1.66. The van der Waals surface area contributed by atoms with Gasteiger partial charge in [-0.1, -0.05) is 24.3 Å². The first kappa shape index (κ1) is 11.9. The van der Waals surface area contributed by atoms with Gasteiger partial charge in [-0.05, 0) is 6.07 Å². The van der Waals surface area contributed by atoms with E-state index >= 15 is 0 Å². The third-order valence-corrected chi connectivity index (χ3v) is 3.09. The van der Waals surface area contributed by atoms with Crippen LogP contribution in [0, 0.1) is 6.07 Å². The summed E-state index contributed by atoms with van der Waals surface area (Å²) < 4.78 is 5.23. The van der Waals surface area contributed by atoms with Gasteiger partial charge < -0.3 is 14.6 Å². The van der Waals surface area contributed by atoms with Gasteiger partial charge in [0.15, 0.2) is 0 Å². The van der Waals surface area contributed by atoms with Crippen molar-refractivity contribution >= 4 is 5.91 Å². The number of morpholine rings is 1. The molecular weight excluding hydrogens is 242 g/mol.